The molecule has 0 unspecified atom stereocenters. The molecule has 6 heteroatoms. The SMILES string of the molecule is CSc1ccc(CN(C)C(=O)C2CCN(C(=O)c3ccc(Br)cc3)CC2)cc1. The van der Waals surface area contributed by atoms with Crippen molar-refractivity contribution in [3.8, 4) is 0 Å². The summed E-state index contributed by atoms with van der Waals surface area (Å²) >= 11 is 5.10. The van der Waals surface area contributed by atoms with Crippen LogP contribution in [0.15, 0.2) is 57.9 Å². The molecular formula is C22H25BrN2O2S. The van der Waals surface area contributed by atoms with E-state index in [0.29, 0.717) is 25.2 Å². The van der Waals surface area contributed by atoms with Gasteiger partial charge < -0.3 is 9.80 Å². The Morgan fingerprint density at radius 3 is 2.25 bits per heavy atom. The lowest BCUT2D eigenvalue weighted by atomic mass is 9.94. The van der Waals surface area contributed by atoms with Gasteiger partial charge in [0.05, 0.1) is 0 Å². The molecule has 3 rings (SSSR count). The van der Waals surface area contributed by atoms with Gasteiger partial charge in [-0.15, -0.1) is 11.8 Å². The highest BCUT2D eigenvalue weighted by molar-refractivity contribution is 9.10. The summed E-state index contributed by atoms with van der Waals surface area (Å²) in [6, 6.07) is 15.8. The number of thioether (sulfide) groups is 1. The number of nitrogens with zero attached hydrogens (tertiary/aromatic N) is 2. The minimum Gasteiger partial charge on any atom is -0.341 e. The molecule has 0 N–H and O–H groups in total. The number of carbonyl (C=O) groups excluding carboxylic acids is 2. The zero-order valence-corrected chi connectivity index (χ0v) is 18.6. The summed E-state index contributed by atoms with van der Waals surface area (Å²) < 4.78 is 0.958. The number of amides is 2. The molecule has 2 aromatic carbocycles. The van der Waals surface area contributed by atoms with Crippen molar-refractivity contribution in [3.63, 3.8) is 0 Å². The fourth-order valence-corrected chi connectivity index (χ4v) is 4.17. The molecule has 1 heterocycles. The van der Waals surface area contributed by atoms with Crippen LogP contribution >= 0.6 is 27.7 Å². The van der Waals surface area contributed by atoms with Crippen LogP contribution in [0.1, 0.15) is 28.8 Å². The highest BCUT2D eigenvalue weighted by atomic mass is 79.9. The third-order valence-corrected chi connectivity index (χ3v) is 6.45. The molecule has 28 heavy (non-hydrogen) atoms. The first-order valence-electron chi connectivity index (χ1n) is 9.40. The first-order valence-corrected chi connectivity index (χ1v) is 11.4. The Bertz CT molecular complexity index is 815. The van der Waals surface area contributed by atoms with E-state index < -0.39 is 0 Å². The van der Waals surface area contributed by atoms with E-state index in [0.717, 1.165) is 22.9 Å². The summed E-state index contributed by atoms with van der Waals surface area (Å²) in [7, 11) is 1.87. The summed E-state index contributed by atoms with van der Waals surface area (Å²) in [6.07, 6.45) is 3.49. The zero-order chi connectivity index (χ0) is 20.1. The van der Waals surface area contributed by atoms with Crippen molar-refractivity contribution in [1.29, 1.82) is 0 Å². The Kier molecular flexibility index (Phi) is 7.18. The molecule has 1 aliphatic heterocycles. The second-order valence-electron chi connectivity index (χ2n) is 7.12. The van der Waals surface area contributed by atoms with Crippen LogP contribution in [0.25, 0.3) is 0 Å². The largest absolute Gasteiger partial charge is 0.341 e. The number of benzene rings is 2. The lowest BCUT2D eigenvalue weighted by molar-refractivity contribution is -0.136. The van der Waals surface area contributed by atoms with Gasteiger partial charge in [0.15, 0.2) is 0 Å². The Morgan fingerprint density at radius 2 is 1.68 bits per heavy atom. The molecule has 0 bridgehead atoms. The topological polar surface area (TPSA) is 40.6 Å². The van der Waals surface area contributed by atoms with Crippen molar-refractivity contribution in [1.82, 2.24) is 9.80 Å². The Morgan fingerprint density at radius 1 is 1.07 bits per heavy atom. The van der Waals surface area contributed by atoms with Crippen molar-refractivity contribution in [2.45, 2.75) is 24.3 Å². The quantitative estimate of drug-likeness (QED) is 0.607. The molecule has 1 fully saturated rings. The molecule has 2 aromatic rings. The number of piperidine rings is 1. The first kappa shape index (κ1) is 20.9. The predicted molar refractivity (Wildman–Crippen MR) is 117 cm³/mol. The third kappa shape index (κ3) is 5.17. The molecule has 148 valence electrons. The Hall–Kier alpha value is -1.79. The number of likely N-dealkylation sites (tertiary alicyclic amines) is 1. The Balaban J connectivity index is 1.52. The van der Waals surface area contributed by atoms with Crippen LogP contribution in [0, 0.1) is 5.92 Å². The molecule has 0 saturated carbocycles. The van der Waals surface area contributed by atoms with Gasteiger partial charge in [-0.2, -0.15) is 0 Å². The average molecular weight is 461 g/mol. The number of hydrogen-bond donors (Lipinski definition) is 0. The van der Waals surface area contributed by atoms with Crippen LogP contribution in [-0.4, -0.2) is 48.0 Å². The molecule has 0 radical (unpaired) electrons. The van der Waals surface area contributed by atoms with Crippen molar-refractivity contribution in [3.05, 3.63) is 64.1 Å². The molecule has 2 amide bonds. The molecule has 4 nitrogen and oxygen atoms in total. The highest BCUT2D eigenvalue weighted by Crippen LogP contribution is 2.23. The Labute approximate surface area is 179 Å². The number of hydrogen-bond acceptors (Lipinski definition) is 3. The number of halogens is 1. The van der Waals surface area contributed by atoms with Crippen LogP contribution in [-0.2, 0) is 11.3 Å². The van der Waals surface area contributed by atoms with E-state index in [-0.39, 0.29) is 17.7 Å². The van der Waals surface area contributed by atoms with Crippen molar-refractivity contribution < 1.29 is 9.59 Å². The van der Waals surface area contributed by atoms with Crippen molar-refractivity contribution >= 4 is 39.5 Å². The van der Waals surface area contributed by atoms with Crippen LogP contribution in [0.5, 0.6) is 0 Å². The van der Waals surface area contributed by atoms with Crippen molar-refractivity contribution in [2.24, 2.45) is 5.92 Å². The molecule has 1 aliphatic rings. The van der Waals surface area contributed by atoms with Crippen molar-refractivity contribution in [2.75, 3.05) is 26.4 Å². The van der Waals surface area contributed by atoms with Crippen LogP contribution in [0.4, 0.5) is 0 Å². The minimum absolute atomic E-state index is 0.00978. The van der Waals surface area contributed by atoms with Gasteiger partial charge in [-0.25, -0.2) is 0 Å². The maximum absolute atomic E-state index is 12.8. The summed E-state index contributed by atoms with van der Waals surface area (Å²) in [4.78, 5) is 30.3. The monoisotopic (exact) mass is 460 g/mol. The second-order valence-corrected chi connectivity index (χ2v) is 8.91. The minimum atomic E-state index is -0.00978. The average Bonchev–Trinajstić information content (AvgIpc) is 2.74. The van der Waals surface area contributed by atoms with E-state index in [2.05, 4.69) is 46.5 Å². The summed E-state index contributed by atoms with van der Waals surface area (Å²) in [5, 5.41) is 0. The van der Waals surface area contributed by atoms with Crippen LogP contribution in [0.2, 0.25) is 0 Å². The van der Waals surface area contributed by atoms with Gasteiger partial charge >= 0.3 is 0 Å². The fourth-order valence-electron chi connectivity index (χ4n) is 3.50. The van der Waals surface area contributed by atoms with Gasteiger partial charge in [-0.1, -0.05) is 28.1 Å². The smallest absolute Gasteiger partial charge is 0.253 e. The number of carbonyl (C=O) groups is 2. The normalized spacial score (nSPS) is 14.8. The molecule has 1 saturated heterocycles. The lowest BCUT2D eigenvalue weighted by Gasteiger charge is -2.33. The molecular weight excluding hydrogens is 436 g/mol. The summed E-state index contributed by atoms with van der Waals surface area (Å²) in [6.45, 7) is 1.87. The third-order valence-electron chi connectivity index (χ3n) is 5.18. The summed E-state index contributed by atoms with van der Waals surface area (Å²) in [5.74, 6) is 0.203. The predicted octanol–water partition coefficient (Wildman–Crippen LogP) is 4.68. The zero-order valence-electron chi connectivity index (χ0n) is 16.2. The first-order chi connectivity index (χ1) is 13.5. The lowest BCUT2D eigenvalue weighted by Crippen LogP contribution is -2.43. The van der Waals surface area contributed by atoms with Gasteiger partial charge in [-0.05, 0) is 61.1 Å². The van der Waals surface area contributed by atoms with Gasteiger partial charge in [0.25, 0.3) is 5.91 Å². The van der Waals surface area contributed by atoms with Crippen LogP contribution in [0.3, 0.4) is 0 Å². The summed E-state index contributed by atoms with van der Waals surface area (Å²) in [5.41, 5.74) is 1.83. The maximum Gasteiger partial charge on any atom is 0.253 e. The van der Waals surface area contributed by atoms with Crippen LogP contribution < -0.4 is 0 Å². The highest BCUT2D eigenvalue weighted by Gasteiger charge is 2.29. The van der Waals surface area contributed by atoms with E-state index in [4.69, 9.17) is 0 Å². The number of rotatable bonds is 5. The van der Waals surface area contributed by atoms with Gasteiger partial charge in [-0.3, -0.25) is 9.59 Å². The molecule has 0 atom stereocenters. The van der Waals surface area contributed by atoms with E-state index >= 15 is 0 Å². The van der Waals surface area contributed by atoms with Gasteiger partial charge in [0.2, 0.25) is 5.91 Å². The van der Waals surface area contributed by atoms with E-state index in [1.807, 2.05) is 41.1 Å². The van der Waals surface area contributed by atoms with E-state index in [1.54, 1.807) is 11.8 Å². The molecule has 0 spiro atoms. The standard InChI is InChI=1S/C22H25BrN2O2S/c1-24(15-16-3-9-20(28-2)10-4-16)21(26)18-11-13-25(14-12-18)22(27)17-5-7-19(23)8-6-17/h3-10,18H,11-15H2,1-2H3. The molecule has 0 aromatic heterocycles. The maximum atomic E-state index is 12.8. The fraction of sp³-hybridized carbons (Fsp3) is 0.364. The van der Waals surface area contributed by atoms with E-state index in [1.165, 1.54) is 4.90 Å². The van der Waals surface area contributed by atoms with E-state index in [9.17, 15) is 9.59 Å². The molecule has 0 aliphatic carbocycles. The van der Waals surface area contributed by atoms with Gasteiger partial charge in [0.1, 0.15) is 0 Å². The van der Waals surface area contributed by atoms with Gasteiger partial charge in [0, 0.05) is 47.5 Å². The second kappa shape index (κ2) is 9.61.